The predicted octanol–water partition coefficient (Wildman–Crippen LogP) is 1.35. The topological polar surface area (TPSA) is 116 Å². The fourth-order valence-corrected chi connectivity index (χ4v) is 2.24. The Bertz CT molecular complexity index is 380. The van der Waals surface area contributed by atoms with E-state index < -0.39 is 0 Å². The Morgan fingerprint density at radius 1 is 0.889 bits per heavy atom. The van der Waals surface area contributed by atoms with E-state index >= 15 is 0 Å². The molecule has 0 spiro atoms. The van der Waals surface area contributed by atoms with Gasteiger partial charge in [0.1, 0.15) is 0 Å². The first-order valence-corrected chi connectivity index (χ1v) is 9.26. The number of carbonyl (C=O) groups excluding carboxylic acids is 4. The lowest BCUT2D eigenvalue weighted by Gasteiger charge is -2.15. The van der Waals surface area contributed by atoms with E-state index in [0.717, 1.165) is 38.6 Å². The third-order valence-corrected chi connectivity index (χ3v) is 3.81. The molecule has 0 saturated carbocycles. The summed E-state index contributed by atoms with van der Waals surface area (Å²) in [5.74, 6) is 0.387. The molecule has 0 aliphatic heterocycles. The van der Waals surface area contributed by atoms with Crippen LogP contribution < -0.4 is 21.3 Å². The summed E-state index contributed by atoms with van der Waals surface area (Å²) in [5, 5.41) is 10.8. The van der Waals surface area contributed by atoms with Crippen LogP contribution in [-0.4, -0.2) is 50.3 Å². The van der Waals surface area contributed by atoms with Crippen molar-refractivity contribution in [2.24, 2.45) is 5.92 Å². The van der Waals surface area contributed by atoms with Crippen LogP contribution in [0, 0.1) is 5.92 Å². The average molecular weight is 389 g/mol. The zero-order valence-electron chi connectivity index (χ0n) is 16.6. The van der Waals surface area contributed by atoms with Crippen LogP contribution in [0.4, 0.5) is 0 Å². The Kier molecular flexibility index (Phi) is 24.1. The van der Waals surface area contributed by atoms with Crippen molar-refractivity contribution < 1.29 is 19.2 Å². The van der Waals surface area contributed by atoms with Crippen molar-refractivity contribution in [2.75, 3.05) is 19.6 Å². The standard InChI is InChI=1S/C11H22N2O2.C7H14N2O2.CH4/c1-4-11(13-10(3)15)7-5-6-8-12-9(2)14;1-2-7(3-8-5-10)4-9-6-11;/h11H,4-8H2,1-3H3,(H,12,14)(H,13,15);5-7H,2-4H2,1H3,(H,8,10)(H,9,11);1H4. The molecule has 0 aliphatic carbocycles. The molecule has 8 heteroatoms. The van der Waals surface area contributed by atoms with Crippen LogP contribution in [0.25, 0.3) is 0 Å². The Morgan fingerprint density at radius 3 is 1.81 bits per heavy atom. The van der Waals surface area contributed by atoms with Crippen molar-refractivity contribution >= 4 is 24.6 Å². The zero-order chi connectivity index (χ0) is 20.2. The highest BCUT2D eigenvalue weighted by Crippen LogP contribution is 2.03. The molecule has 0 radical (unpaired) electrons. The number of nitrogens with one attached hydrogen (secondary N) is 4. The first kappa shape index (κ1) is 29.6. The fraction of sp³-hybridized carbons (Fsp3) is 0.789. The SMILES string of the molecule is C.CCC(CCCCNC(C)=O)NC(C)=O.CCC(CNC=O)CNC=O. The number of rotatable bonds is 14. The minimum Gasteiger partial charge on any atom is -0.358 e. The second-order valence-electron chi connectivity index (χ2n) is 6.11. The summed E-state index contributed by atoms with van der Waals surface area (Å²) in [6, 6.07) is 0.278. The van der Waals surface area contributed by atoms with E-state index in [2.05, 4.69) is 28.2 Å². The van der Waals surface area contributed by atoms with Gasteiger partial charge in [-0.3, -0.25) is 19.2 Å². The highest BCUT2D eigenvalue weighted by atomic mass is 16.2. The van der Waals surface area contributed by atoms with Gasteiger partial charge in [0.15, 0.2) is 0 Å². The Hall–Kier alpha value is -2.12. The number of amides is 4. The Labute approximate surface area is 164 Å². The van der Waals surface area contributed by atoms with Gasteiger partial charge in [-0.25, -0.2) is 0 Å². The molecule has 0 rings (SSSR count). The van der Waals surface area contributed by atoms with E-state index in [0.29, 0.717) is 31.8 Å². The van der Waals surface area contributed by atoms with E-state index in [1.807, 2.05) is 6.92 Å². The van der Waals surface area contributed by atoms with Crippen LogP contribution in [0.3, 0.4) is 0 Å². The second-order valence-corrected chi connectivity index (χ2v) is 6.11. The quantitative estimate of drug-likeness (QED) is 0.265. The molecule has 4 amide bonds. The maximum atomic E-state index is 10.8. The van der Waals surface area contributed by atoms with Crippen molar-refractivity contribution in [3.8, 4) is 0 Å². The summed E-state index contributed by atoms with van der Waals surface area (Å²) in [7, 11) is 0. The molecule has 0 bridgehead atoms. The van der Waals surface area contributed by atoms with Gasteiger partial charge in [-0.15, -0.1) is 0 Å². The number of unbranched alkanes of at least 4 members (excludes halogenated alkanes) is 1. The van der Waals surface area contributed by atoms with Crippen molar-refractivity contribution in [2.45, 2.75) is 73.3 Å². The molecule has 0 saturated heterocycles. The third-order valence-electron chi connectivity index (χ3n) is 3.81. The Balaban J connectivity index is -0.000000430. The van der Waals surface area contributed by atoms with E-state index in [1.165, 1.54) is 6.92 Å². The molecule has 160 valence electrons. The molecule has 8 nitrogen and oxygen atoms in total. The van der Waals surface area contributed by atoms with Gasteiger partial charge in [-0.05, 0) is 38.0 Å². The van der Waals surface area contributed by atoms with Gasteiger partial charge in [-0.1, -0.05) is 21.3 Å². The molecule has 1 unspecified atom stereocenters. The molecule has 0 heterocycles. The summed E-state index contributed by atoms with van der Waals surface area (Å²) in [6.07, 6.45) is 6.22. The molecule has 4 N–H and O–H groups in total. The normalized spacial score (nSPS) is 10.4. The van der Waals surface area contributed by atoms with Crippen LogP contribution in [0.5, 0.6) is 0 Å². The molecule has 1 atom stereocenters. The van der Waals surface area contributed by atoms with Crippen molar-refractivity contribution in [3.05, 3.63) is 0 Å². The van der Waals surface area contributed by atoms with Gasteiger partial charge < -0.3 is 21.3 Å². The van der Waals surface area contributed by atoms with Crippen molar-refractivity contribution in [1.82, 2.24) is 21.3 Å². The van der Waals surface area contributed by atoms with Crippen LogP contribution in [0.15, 0.2) is 0 Å². The molecule has 0 aromatic heterocycles. The minimum absolute atomic E-state index is 0. The maximum absolute atomic E-state index is 10.8. The largest absolute Gasteiger partial charge is 0.358 e. The number of carbonyl (C=O) groups is 4. The van der Waals surface area contributed by atoms with Crippen molar-refractivity contribution in [1.29, 1.82) is 0 Å². The van der Waals surface area contributed by atoms with Crippen LogP contribution in [0.1, 0.15) is 67.2 Å². The van der Waals surface area contributed by atoms with Gasteiger partial charge >= 0.3 is 0 Å². The minimum atomic E-state index is 0. The highest BCUT2D eigenvalue weighted by molar-refractivity contribution is 5.73. The van der Waals surface area contributed by atoms with Crippen LogP contribution >= 0.6 is 0 Å². The van der Waals surface area contributed by atoms with E-state index in [4.69, 9.17) is 0 Å². The molecular weight excluding hydrogens is 348 g/mol. The predicted molar refractivity (Wildman–Crippen MR) is 109 cm³/mol. The van der Waals surface area contributed by atoms with E-state index in [9.17, 15) is 19.2 Å². The number of hydrogen-bond acceptors (Lipinski definition) is 4. The molecule has 27 heavy (non-hydrogen) atoms. The Morgan fingerprint density at radius 2 is 1.44 bits per heavy atom. The highest BCUT2D eigenvalue weighted by Gasteiger charge is 2.06. The van der Waals surface area contributed by atoms with Gasteiger partial charge in [0.2, 0.25) is 24.6 Å². The third kappa shape index (κ3) is 23.9. The molecule has 0 fully saturated rings. The molecule has 0 aromatic carbocycles. The number of hydrogen-bond donors (Lipinski definition) is 4. The zero-order valence-corrected chi connectivity index (χ0v) is 16.6. The van der Waals surface area contributed by atoms with Gasteiger partial charge in [-0.2, -0.15) is 0 Å². The van der Waals surface area contributed by atoms with E-state index in [1.54, 1.807) is 6.92 Å². The molecular formula is C19H40N4O4. The second kappa shape index (κ2) is 21.9. The lowest BCUT2D eigenvalue weighted by Crippen LogP contribution is -2.32. The lowest BCUT2D eigenvalue weighted by atomic mass is 10.1. The van der Waals surface area contributed by atoms with Gasteiger partial charge in [0.25, 0.3) is 0 Å². The van der Waals surface area contributed by atoms with Crippen molar-refractivity contribution in [3.63, 3.8) is 0 Å². The summed E-state index contributed by atoms with van der Waals surface area (Å²) in [6.45, 7) is 9.12. The molecule has 0 aromatic rings. The van der Waals surface area contributed by atoms with Gasteiger partial charge in [0.05, 0.1) is 0 Å². The van der Waals surface area contributed by atoms with Gasteiger partial charge in [0, 0.05) is 39.5 Å². The average Bonchev–Trinajstić information content (AvgIpc) is 2.60. The van der Waals surface area contributed by atoms with Crippen LogP contribution in [0.2, 0.25) is 0 Å². The summed E-state index contributed by atoms with van der Waals surface area (Å²) >= 11 is 0. The van der Waals surface area contributed by atoms with E-state index in [-0.39, 0.29) is 25.3 Å². The smallest absolute Gasteiger partial charge is 0.217 e. The summed E-state index contributed by atoms with van der Waals surface area (Å²) in [4.78, 5) is 41.2. The monoisotopic (exact) mass is 388 g/mol. The fourth-order valence-electron chi connectivity index (χ4n) is 2.24. The first-order chi connectivity index (χ1) is 12.4. The lowest BCUT2D eigenvalue weighted by molar-refractivity contribution is -0.120. The summed E-state index contributed by atoms with van der Waals surface area (Å²) < 4.78 is 0. The molecule has 0 aliphatic rings. The summed E-state index contributed by atoms with van der Waals surface area (Å²) in [5.41, 5.74) is 0. The first-order valence-electron chi connectivity index (χ1n) is 9.26. The maximum Gasteiger partial charge on any atom is 0.217 e. The van der Waals surface area contributed by atoms with Crippen LogP contribution in [-0.2, 0) is 19.2 Å².